The van der Waals surface area contributed by atoms with Gasteiger partial charge in [-0.1, -0.05) is 24.4 Å². The first-order chi connectivity index (χ1) is 9.78. The van der Waals surface area contributed by atoms with Crippen LogP contribution in [0.2, 0.25) is 5.02 Å². The van der Waals surface area contributed by atoms with Crippen molar-refractivity contribution in [3.8, 4) is 6.07 Å². The summed E-state index contributed by atoms with van der Waals surface area (Å²) in [5, 5.41) is 11.6. The molecule has 0 radical (unpaired) electrons. The van der Waals surface area contributed by atoms with Crippen LogP contribution in [0.1, 0.15) is 31.2 Å². The number of nitrogens with one attached hydrogen (secondary N) is 1. The van der Waals surface area contributed by atoms with Crippen LogP contribution in [0.25, 0.3) is 0 Å². The predicted octanol–water partition coefficient (Wildman–Crippen LogP) is 4.38. The van der Waals surface area contributed by atoms with E-state index >= 15 is 0 Å². The van der Waals surface area contributed by atoms with Crippen molar-refractivity contribution >= 4 is 23.2 Å². The minimum Gasteiger partial charge on any atom is -0.323 e. The summed E-state index contributed by atoms with van der Waals surface area (Å²) in [5.41, 5.74) is -2.20. The zero-order valence-electron chi connectivity index (χ0n) is 10.9. The van der Waals surface area contributed by atoms with Gasteiger partial charge >= 0.3 is 6.18 Å². The molecule has 1 saturated carbocycles. The fourth-order valence-corrected chi connectivity index (χ4v) is 2.57. The zero-order chi connectivity index (χ0) is 15.7. The Hall–Kier alpha value is -1.74. The number of hydrogen-bond acceptors (Lipinski definition) is 2. The number of anilines is 1. The second-order valence-corrected chi connectivity index (χ2v) is 5.45. The first kappa shape index (κ1) is 15.6. The number of amides is 1. The molecule has 0 spiro atoms. The summed E-state index contributed by atoms with van der Waals surface area (Å²) in [6.45, 7) is 0. The Morgan fingerprint density at radius 3 is 2.48 bits per heavy atom. The van der Waals surface area contributed by atoms with Crippen molar-refractivity contribution in [2.45, 2.75) is 31.9 Å². The molecule has 0 bridgehead atoms. The van der Waals surface area contributed by atoms with Crippen LogP contribution in [-0.2, 0) is 11.0 Å². The van der Waals surface area contributed by atoms with E-state index in [9.17, 15) is 23.2 Å². The third-order valence-corrected chi connectivity index (χ3v) is 3.98. The normalized spacial score (nSPS) is 17.3. The fourth-order valence-electron chi connectivity index (χ4n) is 2.41. The largest absolute Gasteiger partial charge is 0.416 e. The molecular weight excluding hydrogens is 305 g/mol. The van der Waals surface area contributed by atoms with Gasteiger partial charge in [-0.2, -0.15) is 18.4 Å². The highest BCUT2D eigenvalue weighted by Crippen LogP contribution is 2.40. The molecule has 3 nitrogen and oxygen atoms in total. The second kappa shape index (κ2) is 5.57. The van der Waals surface area contributed by atoms with E-state index in [1.54, 1.807) is 0 Å². The standard InChI is InChI=1S/C14H12ClF3N2O/c15-10-4-3-9(14(16,17)18)7-11(10)20-12(21)13(8-19)5-1-2-6-13/h3-4,7H,1-2,5-6H2,(H,20,21). The molecule has 0 aromatic heterocycles. The van der Waals surface area contributed by atoms with Crippen LogP contribution < -0.4 is 5.32 Å². The Morgan fingerprint density at radius 1 is 1.33 bits per heavy atom. The van der Waals surface area contributed by atoms with E-state index in [0.29, 0.717) is 12.8 Å². The molecule has 0 atom stereocenters. The SMILES string of the molecule is N#CC1(C(=O)Nc2cc(C(F)(F)F)ccc2Cl)CCCC1. The lowest BCUT2D eigenvalue weighted by Gasteiger charge is -2.20. The minimum absolute atomic E-state index is 0.00226. The van der Waals surface area contributed by atoms with E-state index in [4.69, 9.17) is 11.6 Å². The van der Waals surface area contributed by atoms with Crippen LogP contribution in [-0.4, -0.2) is 5.91 Å². The molecule has 0 saturated heterocycles. The number of carbonyl (C=O) groups excluding carboxylic acids is 1. The average Bonchev–Trinajstić information content (AvgIpc) is 2.90. The Balaban J connectivity index is 2.27. The predicted molar refractivity (Wildman–Crippen MR) is 71.6 cm³/mol. The van der Waals surface area contributed by atoms with Crippen molar-refractivity contribution in [1.29, 1.82) is 5.26 Å². The number of alkyl halides is 3. The molecule has 1 aliphatic carbocycles. The Morgan fingerprint density at radius 2 is 1.95 bits per heavy atom. The van der Waals surface area contributed by atoms with Crippen LogP contribution >= 0.6 is 11.6 Å². The molecule has 1 N–H and O–H groups in total. The lowest BCUT2D eigenvalue weighted by atomic mass is 9.87. The van der Waals surface area contributed by atoms with Crippen LogP contribution in [0.15, 0.2) is 18.2 Å². The maximum Gasteiger partial charge on any atom is 0.416 e. The Labute approximate surface area is 124 Å². The van der Waals surface area contributed by atoms with Crippen molar-refractivity contribution < 1.29 is 18.0 Å². The third-order valence-electron chi connectivity index (χ3n) is 3.65. The molecule has 0 unspecified atom stereocenters. The van der Waals surface area contributed by atoms with Crippen LogP contribution in [0.4, 0.5) is 18.9 Å². The van der Waals surface area contributed by atoms with Crippen molar-refractivity contribution in [1.82, 2.24) is 0 Å². The topological polar surface area (TPSA) is 52.9 Å². The monoisotopic (exact) mass is 316 g/mol. The maximum absolute atomic E-state index is 12.7. The number of benzene rings is 1. The second-order valence-electron chi connectivity index (χ2n) is 5.05. The average molecular weight is 317 g/mol. The molecule has 1 aliphatic rings. The number of nitriles is 1. The summed E-state index contributed by atoms with van der Waals surface area (Å²) in [6.07, 6.45) is -2.21. The van der Waals surface area contributed by atoms with Gasteiger partial charge in [0, 0.05) is 0 Å². The molecule has 1 fully saturated rings. The molecule has 1 aromatic rings. The van der Waals surface area contributed by atoms with Gasteiger partial charge in [-0.05, 0) is 31.0 Å². The first-order valence-corrected chi connectivity index (χ1v) is 6.76. The lowest BCUT2D eigenvalue weighted by molar-refractivity contribution is -0.137. The number of rotatable bonds is 2. The molecule has 112 valence electrons. The molecule has 1 amide bonds. The first-order valence-electron chi connectivity index (χ1n) is 6.38. The zero-order valence-corrected chi connectivity index (χ0v) is 11.7. The molecule has 21 heavy (non-hydrogen) atoms. The highest BCUT2D eigenvalue weighted by Gasteiger charge is 2.42. The van der Waals surface area contributed by atoms with E-state index in [1.807, 2.05) is 6.07 Å². The summed E-state index contributed by atoms with van der Waals surface area (Å²) in [5.74, 6) is -0.594. The number of hydrogen-bond donors (Lipinski definition) is 1. The quantitative estimate of drug-likeness (QED) is 0.880. The fraction of sp³-hybridized carbons (Fsp3) is 0.429. The van der Waals surface area contributed by atoms with Gasteiger partial charge in [-0.25, -0.2) is 0 Å². The molecular formula is C14H12ClF3N2O. The number of nitrogens with zero attached hydrogens (tertiary/aromatic N) is 1. The maximum atomic E-state index is 12.7. The third kappa shape index (κ3) is 3.13. The van der Waals surface area contributed by atoms with Crippen LogP contribution in [0.3, 0.4) is 0 Å². The van der Waals surface area contributed by atoms with Gasteiger partial charge in [0.25, 0.3) is 0 Å². The summed E-state index contributed by atoms with van der Waals surface area (Å²) in [4.78, 5) is 12.2. The summed E-state index contributed by atoms with van der Waals surface area (Å²) in [6, 6.07) is 4.68. The summed E-state index contributed by atoms with van der Waals surface area (Å²) < 4.78 is 38.0. The molecule has 0 heterocycles. The number of carbonyl (C=O) groups is 1. The lowest BCUT2D eigenvalue weighted by Crippen LogP contribution is -2.32. The van der Waals surface area contributed by atoms with Crippen molar-refractivity contribution in [3.05, 3.63) is 28.8 Å². The van der Waals surface area contributed by atoms with E-state index < -0.39 is 23.1 Å². The van der Waals surface area contributed by atoms with Gasteiger partial charge < -0.3 is 5.32 Å². The van der Waals surface area contributed by atoms with Crippen molar-refractivity contribution in [3.63, 3.8) is 0 Å². The van der Waals surface area contributed by atoms with Gasteiger partial charge in [0.15, 0.2) is 0 Å². The summed E-state index contributed by atoms with van der Waals surface area (Å²) >= 11 is 5.82. The highest BCUT2D eigenvalue weighted by atomic mass is 35.5. The molecule has 0 aliphatic heterocycles. The minimum atomic E-state index is -4.52. The Kier molecular flexibility index (Phi) is 4.15. The molecule has 2 rings (SSSR count). The molecule has 1 aromatic carbocycles. The van der Waals surface area contributed by atoms with Gasteiger partial charge in [-0.15, -0.1) is 0 Å². The van der Waals surface area contributed by atoms with Gasteiger partial charge in [-0.3, -0.25) is 4.79 Å². The van der Waals surface area contributed by atoms with E-state index in [2.05, 4.69) is 5.32 Å². The highest BCUT2D eigenvalue weighted by molar-refractivity contribution is 6.33. The van der Waals surface area contributed by atoms with Gasteiger partial charge in [0.1, 0.15) is 5.41 Å². The van der Waals surface area contributed by atoms with E-state index in [0.717, 1.165) is 31.0 Å². The van der Waals surface area contributed by atoms with E-state index in [-0.39, 0.29) is 10.7 Å². The van der Waals surface area contributed by atoms with Gasteiger partial charge in [0.05, 0.1) is 22.3 Å². The van der Waals surface area contributed by atoms with Crippen molar-refractivity contribution in [2.24, 2.45) is 5.41 Å². The van der Waals surface area contributed by atoms with E-state index in [1.165, 1.54) is 0 Å². The van der Waals surface area contributed by atoms with Crippen molar-refractivity contribution in [2.75, 3.05) is 5.32 Å². The van der Waals surface area contributed by atoms with Crippen LogP contribution in [0, 0.1) is 16.7 Å². The smallest absolute Gasteiger partial charge is 0.323 e. The van der Waals surface area contributed by atoms with Gasteiger partial charge in [0.2, 0.25) is 5.91 Å². The number of halogens is 4. The summed E-state index contributed by atoms with van der Waals surface area (Å²) in [7, 11) is 0. The molecule has 7 heteroatoms. The van der Waals surface area contributed by atoms with Crippen LogP contribution in [0.5, 0.6) is 0 Å². The Bertz CT molecular complexity index is 601.